The van der Waals surface area contributed by atoms with E-state index in [1.807, 2.05) is 0 Å². The van der Waals surface area contributed by atoms with Gasteiger partial charge in [-0.05, 0) is 36.1 Å². The average molecular weight is 407 g/mol. The minimum atomic E-state index is -2.89. The molecule has 1 aromatic heterocycles. The molecule has 2 aromatic carbocycles. The van der Waals surface area contributed by atoms with Crippen LogP contribution in [0.4, 0.5) is 10.8 Å². The zero-order valence-electron chi connectivity index (χ0n) is 24.6. The van der Waals surface area contributed by atoms with Crippen LogP contribution in [-0.2, 0) is 17.6 Å². The number of aliphatic hydroxyl groups is 1. The highest BCUT2D eigenvalue weighted by molar-refractivity contribution is 7.13. The fourth-order valence-corrected chi connectivity index (χ4v) is 2.59. The van der Waals surface area contributed by atoms with Gasteiger partial charge in [0.25, 0.3) is 0 Å². The predicted molar refractivity (Wildman–Crippen MR) is 113 cm³/mol. The fourth-order valence-electron chi connectivity index (χ4n) is 2.09. The molecule has 0 aliphatic carbocycles. The Labute approximate surface area is 182 Å². The number of amides is 1. The van der Waals surface area contributed by atoms with Crippen molar-refractivity contribution in [2.24, 2.45) is 0 Å². The third-order valence-corrected chi connectivity index (χ3v) is 3.98. The first-order chi connectivity index (χ1) is 17.5. The van der Waals surface area contributed by atoms with E-state index in [1.54, 1.807) is 6.07 Å². The summed E-state index contributed by atoms with van der Waals surface area (Å²) < 4.78 is 81.9. The first kappa shape index (κ1) is 10.7. The largest absolute Gasteiger partial charge is 0.387 e. The van der Waals surface area contributed by atoms with Gasteiger partial charge in [0.15, 0.2) is 5.13 Å². The Kier molecular flexibility index (Phi) is 3.82. The molecular weight excluding hydrogens is 372 g/mol. The molecule has 5 N–H and O–H groups in total. The average Bonchev–Trinajstić information content (AvgIpc) is 3.16. The fraction of sp³-hybridized carbons (Fsp3) is 0.238. The molecule has 1 amide bonds. The molecule has 0 fully saturated rings. The van der Waals surface area contributed by atoms with Gasteiger partial charge in [-0.3, -0.25) is 4.79 Å². The lowest BCUT2D eigenvalue weighted by atomic mass is 10.1. The summed E-state index contributed by atoms with van der Waals surface area (Å²) in [4.78, 5) is 16.3. The SMILES string of the molecule is [2H]c1sc(N)nc1CC(=O)Nc1c([2H])c([2H])c(C([2H])([2H])CNC([2H])([2H])[C@]([2H])(O)c2ccccc2)c([2H])c1[2H]. The van der Waals surface area contributed by atoms with E-state index >= 15 is 0 Å². The lowest BCUT2D eigenvalue weighted by Crippen LogP contribution is -2.23. The van der Waals surface area contributed by atoms with Crippen molar-refractivity contribution in [2.45, 2.75) is 18.9 Å². The number of hydrogen-bond donors (Lipinski definition) is 4. The number of nitrogens with two attached hydrogens (primary N) is 1. The first-order valence-corrected chi connectivity index (χ1v) is 8.96. The third kappa shape index (κ3) is 6.16. The first-order valence-electron chi connectivity index (χ1n) is 13.1. The van der Waals surface area contributed by atoms with Crippen LogP contribution in [0.15, 0.2) is 59.9 Å². The van der Waals surface area contributed by atoms with Crippen LogP contribution in [0.2, 0.25) is 0 Å². The van der Waals surface area contributed by atoms with Crippen molar-refractivity contribution < 1.29 is 23.6 Å². The van der Waals surface area contributed by atoms with E-state index in [1.165, 1.54) is 24.3 Å². The van der Waals surface area contributed by atoms with Crippen LogP contribution >= 0.6 is 11.3 Å². The predicted octanol–water partition coefficient (Wildman–Crippen LogP) is 2.77. The zero-order valence-corrected chi connectivity index (χ0v) is 15.4. The lowest BCUT2D eigenvalue weighted by Gasteiger charge is -2.12. The molecule has 0 bridgehead atoms. The molecule has 0 saturated carbocycles. The smallest absolute Gasteiger partial charge is 0.230 e. The Bertz CT molecular complexity index is 1320. The van der Waals surface area contributed by atoms with Crippen LogP contribution in [0.1, 0.15) is 36.6 Å². The van der Waals surface area contributed by atoms with Gasteiger partial charge in [-0.25, -0.2) is 4.98 Å². The number of benzene rings is 2. The van der Waals surface area contributed by atoms with Crippen molar-refractivity contribution in [3.63, 3.8) is 0 Å². The Morgan fingerprint density at radius 3 is 2.75 bits per heavy atom. The molecule has 1 atom stereocenters. The van der Waals surface area contributed by atoms with Gasteiger partial charge in [-0.1, -0.05) is 42.4 Å². The molecule has 146 valence electrons. The number of nitrogen functional groups attached to an aromatic ring is 1. The maximum atomic E-state index is 12.4. The van der Waals surface area contributed by atoms with Gasteiger partial charge < -0.3 is 21.5 Å². The summed E-state index contributed by atoms with van der Waals surface area (Å²) in [5.41, 5.74) is 4.27. The maximum absolute atomic E-state index is 12.4. The van der Waals surface area contributed by atoms with E-state index < -0.39 is 73.2 Å². The quantitative estimate of drug-likeness (QED) is 0.438. The molecule has 0 unspecified atom stereocenters. The molecular formula is C21H24N4O2S. The molecule has 1 heterocycles. The van der Waals surface area contributed by atoms with Crippen LogP contribution in [0.3, 0.4) is 0 Å². The van der Waals surface area contributed by atoms with Gasteiger partial charge >= 0.3 is 0 Å². The van der Waals surface area contributed by atoms with Crippen molar-refractivity contribution in [3.8, 4) is 0 Å². The highest BCUT2D eigenvalue weighted by Crippen LogP contribution is 2.14. The second-order valence-corrected chi connectivity index (χ2v) is 6.27. The molecule has 3 rings (SSSR count). The molecule has 7 heteroatoms. The second kappa shape index (κ2) is 9.98. The van der Waals surface area contributed by atoms with E-state index in [9.17, 15) is 9.90 Å². The number of nitrogens with zero attached hydrogens (tertiary/aromatic N) is 1. The Balaban J connectivity index is 1.86. The summed E-state index contributed by atoms with van der Waals surface area (Å²) >= 11 is 0.857. The number of aromatic nitrogens is 1. The van der Waals surface area contributed by atoms with Crippen LogP contribution in [0, 0.1) is 0 Å². The minimum absolute atomic E-state index is 0.0417. The molecule has 0 aliphatic heterocycles. The summed E-state index contributed by atoms with van der Waals surface area (Å²) in [6, 6.07) is 4.14. The van der Waals surface area contributed by atoms with Crippen LogP contribution < -0.4 is 16.4 Å². The normalized spacial score (nSPS) is 19.2. The second-order valence-electron chi connectivity index (χ2n) is 5.45. The van der Waals surface area contributed by atoms with Crippen molar-refractivity contribution >= 4 is 28.1 Å². The number of thiazole rings is 1. The van der Waals surface area contributed by atoms with Gasteiger partial charge in [0.1, 0.15) is 0 Å². The lowest BCUT2D eigenvalue weighted by molar-refractivity contribution is -0.115. The molecule has 3 aromatic rings. The molecule has 0 spiro atoms. The summed E-state index contributed by atoms with van der Waals surface area (Å²) in [6.45, 7) is -3.81. The summed E-state index contributed by atoms with van der Waals surface area (Å²) in [5.74, 6) is -0.786. The zero-order chi connectivity index (χ0) is 28.6. The Hall–Kier alpha value is -2.74. The topological polar surface area (TPSA) is 100 Å². The van der Waals surface area contributed by atoms with Crippen molar-refractivity contribution in [1.29, 1.82) is 0 Å². The van der Waals surface area contributed by atoms with E-state index in [4.69, 9.17) is 19.4 Å². The van der Waals surface area contributed by atoms with Crippen molar-refractivity contribution in [2.75, 3.05) is 24.1 Å². The third-order valence-electron chi connectivity index (χ3n) is 3.34. The van der Waals surface area contributed by atoms with E-state index in [0.717, 1.165) is 11.3 Å². The highest BCUT2D eigenvalue weighted by atomic mass is 32.1. The summed E-state index contributed by atoms with van der Waals surface area (Å²) in [5, 5.41) is 15.0. The van der Waals surface area contributed by atoms with Gasteiger partial charge in [0.2, 0.25) is 5.91 Å². The van der Waals surface area contributed by atoms with E-state index in [2.05, 4.69) is 15.6 Å². The molecule has 0 saturated heterocycles. The number of anilines is 2. The number of nitrogens with one attached hydrogen (secondary N) is 2. The van der Waals surface area contributed by atoms with E-state index in [-0.39, 0.29) is 21.7 Å². The van der Waals surface area contributed by atoms with Gasteiger partial charge in [0, 0.05) is 23.0 Å². The summed E-state index contributed by atoms with van der Waals surface area (Å²) in [7, 11) is 0. The number of carbonyl (C=O) groups is 1. The monoisotopic (exact) mass is 406 g/mol. The number of hydrogen-bond acceptors (Lipinski definition) is 6. The molecule has 28 heavy (non-hydrogen) atoms. The van der Waals surface area contributed by atoms with Crippen molar-refractivity contribution in [3.05, 3.63) is 76.7 Å². The molecule has 6 nitrogen and oxygen atoms in total. The van der Waals surface area contributed by atoms with E-state index in [0.29, 0.717) is 0 Å². The van der Waals surface area contributed by atoms with Gasteiger partial charge in [-0.2, -0.15) is 0 Å². The molecule has 0 aliphatic rings. The van der Waals surface area contributed by atoms with Crippen molar-refractivity contribution in [1.82, 2.24) is 10.3 Å². The molecule has 0 radical (unpaired) electrons. The van der Waals surface area contributed by atoms with Crippen LogP contribution in [0.5, 0.6) is 0 Å². The Morgan fingerprint density at radius 2 is 2.07 bits per heavy atom. The Morgan fingerprint density at radius 1 is 1.32 bits per heavy atom. The van der Waals surface area contributed by atoms with Crippen LogP contribution in [-0.4, -0.2) is 29.0 Å². The highest BCUT2D eigenvalue weighted by Gasteiger charge is 2.08. The van der Waals surface area contributed by atoms with Crippen LogP contribution in [0.25, 0.3) is 0 Å². The summed E-state index contributed by atoms with van der Waals surface area (Å²) in [6.07, 6.45) is -5.93. The standard InChI is InChI=1S/C21H24N4O2S/c22-21-25-18(14-28-21)12-20(27)24-17-8-6-15(7-9-17)10-11-23-13-19(26)16-4-2-1-3-5-16/h1-9,14,19,23,26H,10-13H2,(H2,22,25)(H,24,27)/t19-/m0/s1/i6D,7D,8D,9D,10D2,13D2,14D,19D. The maximum Gasteiger partial charge on any atom is 0.230 e. The van der Waals surface area contributed by atoms with Gasteiger partial charge in [0.05, 0.1) is 26.4 Å². The number of carbonyl (C=O) groups excluding carboxylic acids is 1. The van der Waals surface area contributed by atoms with Gasteiger partial charge in [-0.15, -0.1) is 11.3 Å². The number of rotatable bonds is 9. The minimum Gasteiger partial charge on any atom is -0.387 e.